The standard InChI is InChI=1S/C25H24N4O2/c1-16-20-22(28(26-16)18-11-7-5-8-12-18)30-25(4)15-24(20,3)31-23-21(25)17(2)27-29(23)19-13-9-6-10-14-19/h5-14H,15H2,1-4H3/t24-,25-/m0/s1. The minimum atomic E-state index is -0.578. The Morgan fingerprint density at radius 2 is 1.06 bits per heavy atom. The van der Waals surface area contributed by atoms with E-state index in [-0.39, 0.29) is 0 Å². The van der Waals surface area contributed by atoms with E-state index in [1.165, 1.54) is 0 Å². The number of para-hydroxylation sites is 2. The Morgan fingerprint density at radius 1 is 0.677 bits per heavy atom. The molecule has 2 aliphatic heterocycles. The first-order chi connectivity index (χ1) is 14.9. The van der Waals surface area contributed by atoms with Crippen LogP contribution in [0.1, 0.15) is 42.8 Å². The van der Waals surface area contributed by atoms with E-state index < -0.39 is 11.2 Å². The normalized spacial score (nSPS) is 23.5. The van der Waals surface area contributed by atoms with Crippen LogP contribution in [0.4, 0.5) is 0 Å². The number of nitrogens with zero attached hydrogens (tertiary/aromatic N) is 4. The molecule has 6 rings (SSSR count). The fraction of sp³-hybridized carbons (Fsp3) is 0.280. The van der Waals surface area contributed by atoms with Crippen molar-refractivity contribution in [1.82, 2.24) is 19.6 Å². The molecule has 156 valence electrons. The molecule has 31 heavy (non-hydrogen) atoms. The van der Waals surface area contributed by atoms with Gasteiger partial charge in [0.05, 0.1) is 33.9 Å². The third kappa shape index (κ3) is 2.45. The van der Waals surface area contributed by atoms with E-state index in [4.69, 9.17) is 19.7 Å². The van der Waals surface area contributed by atoms with Crippen LogP contribution < -0.4 is 9.47 Å². The maximum absolute atomic E-state index is 6.79. The molecule has 0 radical (unpaired) electrons. The highest BCUT2D eigenvalue weighted by Gasteiger charge is 2.57. The fourth-order valence-electron chi connectivity index (χ4n) is 5.33. The second-order valence-electron chi connectivity index (χ2n) is 8.87. The second-order valence-corrected chi connectivity index (χ2v) is 8.87. The number of rotatable bonds is 2. The van der Waals surface area contributed by atoms with Crippen LogP contribution in [0.3, 0.4) is 0 Å². The van der Waals surface area contributed by atoms with Crippen LogP contribution in [-0.2, 0) is 11.2 Å². The first-order valence-electron chi connectivity index (χ1n) is 10.6. The Kier molecular flexibility index (Phi) is 3.53. The highest BCUT2D eigenvalue weighted by molar-refractivity contribution is 5.53. The van der Waals surface area contributed by atoms with Crippen molar-refractivity contribution >= 4 is 0 Å². The Hall–Kier alpha value is -3.54. The molecule has 2 aliphatic rings. The van der Waals surface area contributed by atoms with E-state index in [1.807, 2.05) is 83.9 Å². The molecule has 6 heteroatoms. The van der Waals surface area contributed by atoms with E-state index in [0.717, 1.165) is 45.6 Å². The van der Waals surface area contributed by atoms with Gasteiger partial charge in [-0.05, 0) is 52.0 Å². The zero-order valence-corrected chi connectivity index (χ0v) is 18.1. The van der Waals surface area contributed by atoms with Gasteiger partial charge in [0, 0.05) is 6.42 Å². The van der Waals surface area contributed by atoms with E-state index in [0.29, 0.717) is 6.42 Å². The third-order valence-corrected chi connectivity index (χ3v) is 6.41. The van der Waals surface area contributed by atoms with Crippen molar-refractivity contribution in [1.29, 1.82) is 0 Å². The van der Waals surface area contributed by atoms with Gasteiger partial charge in [0.2, 0.25) is 11.8 Å². The predicted molar refractivity (Wildman–Crippen MR) is 117 cm³/mol. The van der Waals surface area contributed by atoms with Gasteiger partial charge in [0.1, 0.15) is 11.2 Å². The smallest absolute Gasteiger partial charge is 0.225 e. The van der Waals surface area contributed by atoms with Gasteiger partial charge in [-0.3, -0.25) is 0 Å². The van der Waals surface area contributed by atoms with Crippen molar-refractivity contribution < 1.29 is 9.47 Å². The average Bonchev–Trinajstić information content (AvgIpc) is 3.26. The summed E-state index contributed by atoms with van der Waals surface area (Å²) in [5, 5.41) is 9.68. The summed E-state index contributed by atoms with van der Waals surface area (Å²) in [7, 11) is 0. The molecule has 4 aromatic rings. The highest BCUT2D eigenvalue weighted by atomic mass is 16.6. The topological polar surface area (TPSA) is 54.1 Å². The Labute approximate surface area is 181 Å². The minimum absolute atomic E-state index is 0.578. The van der Waals surface area contributed by atoms with Crippen LogP contribution in [0.25, 0.3) is 11.4 Å². The van der Waals surface area contributed by atoms with Crippen LogP contribution in [0.2, 0.25) is 0 Å². The quantitative estimate of drug-likeness (QED) is 0.466. The Balaban J connectivity index is 1.57. The van der Waals surface area contributed by atoms with Gasteiger partial charge in [-0.2, -0.15) is 10.2 Å². The van der Waals surface area contributed by atoms with Crippen molar-refractivity contribution in [3.8, 4) is 23.1 Å². The molecule has 0 aliphatic carbocycles. The SMILES string of the molecule is Cc1nn(-c2ccccc2)c2c1[C@]1(C)C[C@](C)(O2)c2c(C)nn(-c3ccccc3)c2O1. The minimum Gasteiger partial charge on any atom is -0.466 e. The van der Waals surface area contributed by atoms with Crippen LogP contribution in [-0.4, -0.2) is 19.6 Å². The molecule has 0 saturated carbocycles. The summed E-state index contributed by atoms with van der Waals surface area (Å²) >= 11 is 0. The van der Waals surface area contributed by atoms with Gasteiger partial charge >= 0.3 is 0 Å². The summed E-state index contributed by atoms with van der Waals surface area (Å²) in [6, 6.07) is 20.2. The molecule has 0 unspecified atom stereocenters. The van der Waals surface area contributed by atoms with Crippen molar-refractivity contribution in [3.05, 3.63) is 83.2 Å². The summed E-state index contributed by atoms with van der Waals surface area (Å²) in [5.41, 5.74) is 4.60. The van der Waals surface area contributed by atoms with E-state index in [2.05, 4.69) is 13.8 Å². The summed E-state index contributed by atoms with van der Waals surface area (Å²) in [4.78, 5) is 0. The first-order valence-corrected chi connectivity index (χ1v) is 10.6. The lowest BCUT2D eigenvalue weighted by Gasteiger charge is -2.48. The molecule has 0 N–H and O–H groups in total. The van der Waals surface area contributed by atoms with Crippen molar-refractivity contribution in [2.75, 3.05) is 0 Å². The average molecular weight is 412 g/mol. The molecule has 0 spiro atoms. The highest BCUT2D eigenvalue weighted by Crippen LogP contribution is 2.57. The second kappa shape index (κ2) is 6.00. The van der Waals surface area contributed by atoms with Gasteiger partial charge in [-0.15, -0.1) is 0 Å². The van der Waals surface area contributed by atoms with Crippen molar-refractivity contribution in [2.24, 2.45) is 0 Å². The van der Waals surface area contributed by atoms with Gasteiger partial charge in [-0.25, -0.2) is 9.36 Å². The number of ether oxygens (including phenoxy) is 2. The summed E-state index contributed by atoms with van der Waals surface area (Å²) in [6.07, 6.45) is 0.697. The number of hydrogen-bond donors (Lipinski definition) is 0. The van der Waals surface area contributed by atoms with E-state index in [9.17, 15) is 0 Å². The number of benzene rings is 2. The van der Waals surface area contributed by atoms with E-state index >= 15 is 0 Å². The zero-order chi connectivity index (χ0) is 21.4. The number of fused-ring (bicyclic) bond motifs is 6. The fourth-order valence-corrected chi connectivity index (χ4v) is 5.33. The van der Waals surface area contributed by atoms with Gasteiger partial charge in [0.25, 0.3) is 0 Å². The molecule has 2 atom stereocenters. The molecule has 2 aromatic carbocycles. The molecule has 0 amide bonds. The Bertz CT molecular complexity index is 1210. The molecule has 0 saturated heterocycles. The molecule has 2 aromatic heterocycles. The molecule has 2 bridgehead atoms. The van der Waals surface area contributed by atoms with Crippen LogP contribution >= 0.6 is 0 Å². The molecular weight excluding hydrogens is 388 g/mol. The maximum Gasteiger partial charge on any atom is 0.225 e. The zero-order valence-electron chi connectivity index (χ0n) is 18.1. The molecule has 6 nitrogen and oxygen atoms in total. The van der Waals surface area contributed by atoms with E-state index in [1.54, 1.807) is 0 Å². The van der Waals surface area contributed by atoms with Crippen molar-refractivity contribution in [2.45, 2.75) is 45.3 Å². The van der Waals surface area contributed by atoms with Gasteiger partial charge < -0.3 is 9.47 Å². The lowest BCUT2D eigenvalue weighted by Crippen LogP contribution is -2.50. The molecular formula is C25H24N4O2. The lowest BCUT2D eigenvalue weighted by atomic mass is 9.76. The van der Waals surface area contributed by atoms with Crippen molar-refractivity contribution in [3.63, 3.8) is 0 Å². The lowest BCUT2D eigenvalue weighted by molar-refractivity contribution is -0.0797. The number of aryl methyl sites for hydroxylation is 2. The largest absolute Gasteiger partial charge is 0.466 e. The third-order valence-electron chi connectivity index (χ3n) is 6.41. The number of hydrogen-bond acceptors (Lipinski definition) is 4. The Morgan fingerprint density at radius 3 is 1.45 bits per heavy atom. The van der Waals surface area contributed by atoms with Gasteiger partial charge in [0.15, 0.2) is 0 Å². The summed E-state index contributed by atoms with van der Waals surface area (Å²) < 4.78 is 17.4. The number of aromatic nitrogens is 4. The monoisotopic (exact) mass is 412 g/mol. The van der Waals surface area contributed by atoms with Crippen LogP contribution in [0.15, 0.2) is 60.7 Å². The predicted octanol–water partition coefficient (Wildman–Crippen LogP) is 4.98. The van der Waals surface area contributed by atoms with Crippen LogP contribution in [0.5, 0.6) is 11.8 Å². The van der Waals surface area contributed by atoms with Gasteiger partial charge in [-0.1, -0.05) is 36.4 Å². The summed E-state index contributed by atoms with van der Waals surface area (Å²) in [6.45, 7) is 8.32. The van der Waals surface area contributed by atoms with Crippen LogP contribution in [0, 0.1) is 13.8 Å². The molecule has 0 fully saturated rings. The molecule has 4 heterocycles. The first kappa shape index (κ1) is 18.2. The summed E-state index contributed by atoms with van der Waals surface area (Å²) in [5.74, 6) is 1.50. The maximum atomic E-state index is 6.79.